The lowest BCUT2D eigenvalue weighted by Crippen LogP contribution is -2.46. The van der Waals surface area contributed by atoms with Crippen LogP contribution >= 0.6 is 0 Å². The van der Waals surface area contributed by atoms with E-state index in [1.54, 1.807) is 24.3 Å². The Kier molecular flexibility index (Phi) is 7.58. The Hall–Kier alpha value is -2.21. The first-order valence-electron chi connectivity index (χ1n) is 8.06. The molecule has 0 aliphatic carbocycles. The van der Waals surface area contributed by atoms with Crippen molar-refractivity contribution in [2.75, 3.05) is 26.0 Å². The average molecular weight is 333 g/mol. The van der Waals surface area contributed by atoms with Crippen LogP contribution in [0.5, 0.6) is 0 Å². The first kappa shape index (κ1) is 19.8. The molecular formula is C18H27N3O3. The third-order valence-electron chi connectivity index (χ3n) is 3.43. The maximum absolute atomic E-state index is 12.1. The predicted molar refractivity (Wildman–Crippen MR) is 95.0 cm³/mol. The molecule has 132 valence electrons. The quantitative estimate of drug-likeness (QED) is 0.590. The first-order valence-corrected chi connectivity index (χ1v) is 8.06. The van der Waals surface area contributed by atoms with E-state index in [2.05, 4.69) is 24.5 Å². The molecule has 0 bridgehead atoms. The normalized spacial score (nSPS) is 12.1. The fraction of sp³-hybridized carbons (Fsp3) is 0.500. The van der Waals surface area contributed by atoms with Crippen LogP contribution in [-0.2, 0) is 9.59 Å². The van der Waals surface area contributed by atoms with Gasteiger partial charge in [-0.15, -0.1) is 0 Å². The molecule has 0 saturated heterocycles. The van der Waals surface area contributed by atoms with Gasteiger partial charge in [0.1, 0.15) is 0 Å². The van der Waals surface area contributed by atoms with Crippen molar-refractivity contribution >= 4 is 23.3 Å². The van der Waals surface area contributed by atoms with Crippen molar-refractivity contribution in [1.29, 1.82) is 0 Å². The highest BCUT2D eigenvalue weighted by atomic mass is 16.2. The lowest BCUT2D eigenvalue weighted by molar-refractivity contribution is -0.136. The fourth-order valence-corrected chi connectivity index (χ4v) is 2.42. The van der Waals surface area contributed by atoms with E-state index in [9.17, 15) is 14.4 Å². The number of anilines is 1. The zero-order chi connectivity index (χ0) is 18.3. The summed E-state index contributed by atoms with van der Waals surface area (Å²) in [5, 5.41) is 5.33. The number of benzene rings is 1. The van der Waals surface area contributed by atoms with Crippen molar-refractivity contribution in [2.24, 2.45) is 5.92 Å². The molecule has 6 heteroatoms. The summed E-state index contributed by atoms with van der Waals surface area (Å²) < 4.78 is 0. The topological polar surface area (TPSA) is 78.5 Å². The van der Waals surface area contributed by atoms with Crippen LogP contribution < -0.4 is 10.6 Å². The van der Waals surface area contributed by atoms with Crippen molar-refractivity contribution in [1.82, 2.24) is 10.2 Å². The van der Waals surface area contributed by atoms with Crippen LogP contribution in [0.1, 0.15) is 37.6 Å². The molecule has 0 spiro atoms. The third-order valence-corrected chi connectivity index (χ3v) is 3.43. The Balaban J connectivity index is 2.64. The average Bonchev–Trinajstić information content (AvgIpc) is 2.46. The number of rotatable bonds is 7. The number of nitrogens with zero attached hydrogens (tertiary/aromatic N) is 1. The molecule has 2 N–H and O–H groups in total. The van der Waals surface area contributed by atoms with E-state index >= 15 is 0 Å². The monoisotopic (exact) mass is 333 g/mol. The number of hydrogen-bond donors (Lipinski definition) is 2. The molecule has 1 unspecified atom stereocenters. The summed E-state index contributed by atoms with van der Waals surface area (Å²) in [7, 11) is 3.85. The van der Waals surface area contributed by atoms with Gasteiger partial charge in [-0.2, -0.15) is 0 Å². The Morgan fingerprint density at radius 1 is 1.04 bits per heavy atom. The second kappa shape index (κ2) is 9.17. The SMILES string of the molecule is CC(=O)c1ccc(NC(=O)C(=O)NC(CC(C)C)CN(C)C)cc1. The van der Waals surface area contributed by atoms with Crippen LogP contribution in [0, 0.1) is 5.92 Å². The Morgan fingerprint density at radius 2 is 1.62 bits per heavy atom. The lowest BCUT2D eigenvalue weighted by atomic mass is 10.0. The minimum absolute atomic E-state index is 0.0502. The van der Waals surface area contributed by atoms with Crippen molar-refractivity contribution in [3.8, 4) is 0 Å². The van der Waals surface area contributed by atoms with Gasteiger partial charge in [-0.05, 0) is 57.6 Å². The van der Waals surface area contributed by atoms with Crippen LogP contribution in [0.3, 0.4) is 0 Å². The molecule has 0 aliphatic rings. The molecular weight excluding hydrogens is 306 g/mol. The molecule has 0 radical (unpaired) electrons. The summed E-state index contributed by atoms with van der Waals surface area (Å²) in [4.78, 5) is 37.3. The molecule has 2 amide bonds. The molecule has 24 heavy (non-hydrogen) atoms. The maximum Gasteiger partial charge on any atom is 0.313 e. The second-order valence-corrected chi connectivity index (χ2v) is 6.65. The van der Waals surface area contributed by atoms with Gasteiger partial charge in [0, 0.05) is 23.8 Å². The number of carbonyl (C=O) groups is 3. The summed E-state index contributed by atoms with van der Waals surface area (Å²) >= 11 is 0. The summed E-state index contributed by atoms with van der Waals surface area (Å²) in [6.07, 6.45) is 0.796. The molecule has 0 aliphatic heterocycles. The minimum Gasteiger partial charge on any atom is -0.344 e. The van der Waals surface area contributed by atoms with Crippen LogP contribution in [0.25, 0.3) is 0 Å². The van der Waals surface area contributed by atoms with Gasteiger partial charge >= 0.3 is 11.8 Å². The first-order chi connectivity index (χ1) is 11.2. The van der Waals surface area contributed by atoms with Crippen LogP contribution in [-0.4, -0.2) is 49.2 Å². The van der Waals surface area contributed by atoms with Crippen LogP contribution in [0.2, 0.25) is 0 Å². The van der Waals surface area contributed by atoms with Gasteiger partial charge in [-0.3, -0.25) is 14.4 Å². The molecule has 0 heterocycles. The molecule has 0 fully saturated rings. The van der Waals surface area contributed by atoms with E-state index in [0.29, 0.717) is 23.7 Å². The number of Topliss-reactive ketones (excluding diaryl/α,β-unsaturated/α-hetero) is 1. The van der Waals surface area contributed by atoms with Gasteiger partial charge in [0.25, 0.3) is 0 Å². The lowest BCUT2D eigenvalue weighted by Gasteiger charge is -2.23. The Bertz CT molecular complexity index is 570. The van der Waals surface area contributed by atoms with E-state index in [-0.39, 0.29) is 11.8 Å². The largest absolute Gasteiger partial charge is 0.344 e. The molecule has 0 saturated carbocycles. The number of likely N-dealkylation sites (N-methyl/N-ethyl adjacent to an activating group) is 1. The third kappa shape index (κ3) is 6.91. The highest BCUT2D eigenvalue weighted by Gasteiger charge is 2.20. The van der Waals surface area contributed by atoms with Gasteiger partial charge < -0.3 is 15.5 Å². The molecule has 1 atom stereocenters. The summed E-state index contributed by atoms with van der Waals surface area (Å²) in [5.74, 6) is -1.00. The molecule has 1 aromatic rings. The fourth-order valence-electron chi connectivity index (χ4n) is 2.42. The zero-order valence-corrected chi connectivity index (χ0v) is 15.1. The van der Waals surface area contributed by atoms with E-state index in [1.165, 1.54) is 6.92 Å². The second-order valence-electron chi connectivity index (χ2n) is 6.65. The number of ketones is 1. The van der Waals surface area contributed by atoms with Crippen molar-refractivity contribution in [3.05, 3.63) is 29.8 Å². The van der Waals surface area contributed by atoms with Crippen molar-refractivity contribution < 1.29 is 14.4 Å². The van der Waals surface area contributed by atoms with Gasteiger partial charge in [0.05, 0.1) is 0 Å². The maximum atomic E-state index is 12.1. The smallest absolute Gasteiger partial charge is 0.313 e. The minimum atomic E-state index is -0.710. The Morgan fingerprint density at radius 3 is 2.08 bits per heavy atom. The van der Waals surface area contributed by atoms with Gasteiger partial charge in [-0.25, -0.2) is 0 Å². The van der Waals surface area contributed by atoms with Crippen LogP contribution in [0.15, 0.2) is 24.3 Å². The van der Waals surface area contributed by atoms with Gasteiger partial charge in [-0.1, -0.05) is 13.8 Å². The van der Waals surface area contributed by atoms with Crippen molar-refractivity contribution in [3.63, 3.8) is 0 Å². The van der Waals surface area contributed by atoms with Gasteiger partial charge in [0.15, 0.2) is 5.78 Å². The zero-order valence-electron chi connectivity index (χ0n) is 15.1. The van der Waals surface area contributed by atoms with E-state index in [1.807, 2.05) is 19.0 Å². The van der Waals surface area contributed by atoms with Crippen LogP contribution in [0.4, 0.5) is 5.69 Å². The number of amides is 2. The molecule has 1 aromatic carbocycles. The van der Waals surface area contributed by atoms with E-state index < -0.39 is 11.8 Å². The summed E-state index contributed by atoms with van der Waals surface area (Å²) in [5.41, 5.74) is 1.04. The molecule has 0 aromatic heterocycles. The molecule has 6 nitrogen and oxygen atoms in total. The van der Waals surface area contributed by atoms with Crippen molar-refractivity contribution in [2.45, 2.75) is 33.2 Å². The number of nitrogens with one attached hydrogen (secondary N) is 2. The summed E-state index contributed by atoms with van der Waals surface area (Å²) in [6, 6.07) is 6.35. The predicted octanol–water partition coefficient (Wildman–Crippen LogP) is 1.92. The number of hydrogen-bond acceptors (Lipinski definition) is 4. The van der Waals surface area contributed by atoms with Gasteiger partial charge in [0.2, 0.25) is 0 Å². The standard InChI is InChI=1S/C18H27N3O3/c1-12(2)10-16(11-21(4)5)20-18(24)17(23)19-15-8-6-14(7-9-15)13(3)22/h6-9,12,16H,10-11H2,1-5H3,(H,19,23)(H,20,24). The molecule has 1 rings (SSSR count). The summed E-state index contributed by atoms with van der Waals surface area (Å²) in [6.45, 7) is 6.29. The highest BCUT2D eigenvalue weighted by molar-refractivity contribution is 6.39. The van der Waals surface area contributed by atoms with E-state index in [0.717, 1.165) is 6.42 Å². The van der Waals surface area contributed by atoms with E-state index in [4.69, 9.17) is 0 Å². The Labute approximate surface area is 143 Å². The number of carbonyl (C=O) groups excluding carboxylic acids is 3. The highest BCUT2D eigenvalue weighted by Crippen LogP contribution is 2.10.